The van der Waals surface area contributed by atoms with Crippen molar-refractivity contribution in [3.63, 3.8) is 0 Å². The summed E-state index contributed by atoms with van der Waals surface area (Å²) < 4.78 is 1.96. The van der Waals surface area contributed by atoms with Gasteiger partial charge in [0, 0.05) is 6.04 Å². The molecule has 1 aromatic heterocycles. The van der Waals surface area contributed by atoms with E-state index < -0.39 is 12.0 Å². The summed E-state index contributed by atoms with van der Waals surface area (Å²) in [5.41, 5.74) is 0. The van der Waals surface area contributed by atoms with Gasteiger partial charge in [-0.15, -0.1) is 10.2 Å². The van der Waals surface area contributed by atoms with E-state index in [9.17, 15) is 9.59 Å². The highest BCUT2D eigenvalue weighted by Gasteiger charge is 2.26. The number of carbonyl (C=O) groups excluding carboxylic acids is 1. The minimum atomic E-state index is -1.05. The van der Waals surface area contributed by atoms with Gasteiger partial charge in [-0.1, -0.05) is 11.8 Å². The highest BCUT2D eigenvalue weighted by Crippen LogP contribution is 2.37. The maximum Gasteiger partial charge on any atom is 0.325 e. The number of carboxylic acids is 1. The SMILES string of the molecule is CC(NC(=O)CSc1nncn1C1CC1)C(=O)O. The fourth-order valence-electron chi connectivity index (χ4n) is 1.41. The van der Waals surface area contributed by atoms with Crippen molar-refractivity contribution >= 4 is 23.6 Å². The molecule has 2 N–H and O–H groups in total. The van der Waals surface area contributed by atoms with E-state index in [1.54, 1.807) is 6.33 Å². The van der Waals surface area contributed by atoms with Gasteiger partial charge in [0.25, 0.3) is 0 Å². The van der Waals surface area contributed by atoms with Crippen LogP contribution in [-0.4, -0.2) is 43.5 Å². The number of aromatic nitrogens is 3. The molecule has 1 atom stereocenters. The Morgan fingerprint density at radius 1 is 1.67 bits per heavy atom. The number of thioether (sulfide) groups is 1. The van der Waals surface area contributed by atoms with Crippen LogP contribution in [0.1, 0.15) is 25.8 Å². The Balaban J connectivity index is 1.82. The van der Waals surface area contributed by atoms with Gasteiger partial charge >= 0.3 is 5.97 Å². The van der Waals surface area contributed by atoms with Crippen LogP contribution in [0, 0.1) is 0 Å². The van der Waals surface area contributed by atoms with Gasteiger partial charge < -0.3 is 15.0 Å². The third-order valence-corrected chi connectivity index (χ3v) is 3.52. The zero-order valence-corrected chi connectivity index (χ0v) is 10.7. The van der Waals surface area contributed by atoms with Crippen molar-refractivity contribution in [2.75, 3.05) is 5.75 Å². The summed E-state index contributed by atoms with van der Waals surface area (Å²) >= 11 is 1.27. The first-order valence-electron chi connectivity index (χ1n) is 5.62. The van der Waals surface area contributed by atoms with Crippen molar-refractivity contribution in [1.82, 2.24) is 20.1 Å². The van der Waals surface area contributed by atoms with E-state index >= 15 is 0 Å². The lowest BCUT2D eigenvalue weighted by Gasteiger charge is -2.08. The first-order valence-corrected chi connectivity index (χ1v) is 6.61. The van der Waals surface area contributed by atoms with Crippen LogP contribution in [0.25, 0.3) is 0 Å². The van der Waals surface area contributed by atoms with Gasteiger partial charge in [0.2, 0.25) is 5.91 Å². The lowest BCUT2D eigenvalue weighted by atomic mass is 10.3. The molecule has 1 aliphatic rings. The molecule has 2 rings (SSSR count). The summed E-state index contributed by atoms with van der Waals surface area (Å²) in [5, 5.41) is 19.5. The fraction of sp³-hybridized carbons (Fsp3) is 0.600. The van der Waals surface area contributed by atoms with Crippen molar-refractivity contribution in [2.45, 2.75) is 37.0 Å². The molecule has 0 spiro atoms. The Labute approximate surface area is 108 Å². The van der Waals surface area contributed by atoms with Crippen LogP contribution in [0.2, 0.25) is 0 Å². The van der Waals surface area contributed by atoms with Crippen LogP contribution in [0.5, 0.6) is 0 Å². The number of carbonyl (C=O) groups is 2. The van der Waals surface area contributed by atoms with Crippen LogP contribution in [0.15, 0.2) is 11.5 Å². The van der Waals surface area contributed by atoms with Crippen molar-refractivity contribution in [3.8, 4) is 0 Å². The zero-order valence-electron chi connectivity index (χ0n) is 9.87. The molecule has 0 radical (unpaired) electrons. The third kappa shape index (κ3) is 3.22. The van der Waals surface area contributed by atoms with Crippen LogP contribution in [0.3, 0.4) is 0 Å². The van der Waals surface area contributed by atoms with E-state index in [4.69, 9.17) is 5.11 Å². The topological polar surface area (TPSA) is 97.1 Å². The van der Waals surface area contributed by atoms with Gasteiger partial charge in [0.05, 0.1) is 5.75 Å². The molecule has 18 heavy (non-hydrogen) atoms. The predicted octanol–water partition coefficient (Wildman–Crippen LogP) is 0.294. The minimum absolute atomic E-state index is 0.142. The molecule has 1 fully saturated rings. The van der Waals surface area contributed by atoms with Gasteiger partial charge in [-0.05, 0) is 19.8 Å². The lowest BCUT2D eigenvalue weighted by Crippen LogP contribution is -2.39. The van der Waals surface area contributed by atoms with Gasteiger partial charge in [-0.25, -0.2) is 0 Å². The Kier molecular flexibility index (Phi) is 3.85. The molecule has 1 saturated carbocycles. The Hall–Kier alpha value is -1.57. The van der Waals surface area contributed by atoms with Crippen molar-refractivity contribution in [2.24, 2.45) is 0 Å². The molecule has 1 heterocycles. The number of nitrogens with zero attached hydrogens (tertiary/aromatic N) is 3. The lowest BCUT2D eigenvalue weighted by molar-refractivity contribution is -0.140. The average Bonchev–Trinajstić information content (AvgIpc) is 3.05. The van der Waals surface area contributed by atoms with E-state index in [1.807, 2.05) is 4.57 Å². The van der Waals surface area contributed by atoms with Gasteiger partial charge in [-0.2, -0.15) is 0 Å². The molecule has 1 unspecified atom stereocenters. The largest absolute Gasteiger partial charge is 0.480 e. The predicted molar refractivity (Wildman–Crippen MR) is 64.3 cm³/mol. The second-order valence-corrected chi connectivity index (χ2v) is 5.11. The average molecular weight is 270 g/mol. The maximum absolute atomic E-state index is 11.5. The number of amides is 1. The first kappa shape index (κ1) is 12.9. The molecule has 1 amide bonds. The Morgan fingerprint density at radius 2 is 2.39 bits per heavy atom. The van der Waals surface area contributed by atoms with Crippen molar-refractivity contribution in [1.29, 1.82) is 0 Å². The summed E-state index contributed by atoms with van der Waals surface area (Å²) in [6, 6.07) is -0.414. The zero-order chi connectivity index (χ0) is 13.1. The molecule has 0 bridgehead atoms. The van der Waals surface area contributed by atoms with Crippen LogP contribution in [0.4, 0.5) is 0 Å². The van der Waals surface area contributed by atoms with E-state index in [0.717, 1.165) is 12.8 Å². The summed E-state index contributed by atoms with van der Waals surface area (Å²) in [5.74, 6) is -1.22. The number of rotatable bonds is 6. The highest BCUT2D eigenvalue weighted by molar-refractivity contribution is 7.99. The molecule has 0 aliphatic heterocycles. The van der Waals surface area contributed by atoms with Gasteiger partial charge in [0.1, 0.15) is 12.4 Å². The summed E-state index contributed by atoms with van der Waals surface area (Å²) in [7, 11) is 0. The molecule has 1 aliphatic carbocycles. The smallest absolute Gasteiger partial charge is 0.325 e. The van der Waals surface area contributed by atoms with Gasteiger partial charge in [0.15, 0.2) is 5.16 Å². The number of nitrogens with one attached hydrogen (secondary N) is 1. The summed E-state index contributed by atoms with van der Waals surface area (Å²) in [4.78, 5) is 22.1. The van der Waals surface area contributed by atoms with Crippen LogP contribution >= 0.6 is 11.8 Å². The number of hydrogen-bond acceptors (Lipinski definition) is 5. The quantitative estimate of drug-likeness (QED) is 0.721. The summed E-state index contributed by atoms with van der Waals surface area (Å²) in [6.45, 7) is 1.43. The molecular weight excluding hydrogens is 256 g/mol. The molecule has 98 valence electrons. The van der Waals surface area contributed by atoms with Crippen LogP contribution < -0.4 is 5.32 Å². The van der Waals surface area contributed by atoms with Crippen molar-refractivity contribution in [3.05, 3.63) is 6.33 Å². The monoisotopic (exact) mass is 270 g/mol. The summed E-state index contributed by atoms with van der Waals surface area (Å²) in [6.07, 6.45) is 3.90. The molecule has 7 nitrogen and oxygen atoms in total. The normalized spacial score (nSPS) is 16.3. The molecule has 0 saturated heterocycles. The fourth-order valence-corrected chi connectivity index (χ4v) is 2.21. The second kappa shape index (κ2) is 5.38. The van der Waals surface area contributed by atoms with E-state index in [1.165, 1.54) is 18.7 Å². The van der Waals surface area contributed by atoms with E-state index in [0.29, 0.717) is 11.2 Å². The second-order valence-electron chi connectivity index (χ2n) is 4.17. The van der Waals surface area contributed by atoms with Crippen LogP contribution in [-0.2, 0) is 9.59 Å². The Bertz CT molecular complexity index is 458. The van der Waals surface area contributed by atoms with E-state index in [-0.39, 0.29) is 11.7 Å². The molecule has 8 heteroatoms. The standard InChI is InChI=1S/C10H14N4O3S/c1-6(9(16)17)12-8(15)4-18-10-13-11-5-14(10)7-2-3-7/h5-7H,2-4H2,1H3,(H,12,15)(H,16,17). The molecule has 1 aromatic rings. The van der Waals surface area contributed by atoms with E-state index in [2.05, 4.69) is 15.5 Å². The van der Waals surface area contributed by atoms with Crippen molar-refractivity contribution < 1.29 is 14.7 Å². The molecular formula is C10H14N4O3S. The Morgan fingerprint density at radius 3 is 3.00 bits per heavy atom. The minimum Gasteiger partial charge on any atom is -0.480 e. The van der Waals surface area contributed by atoms with Gasteiger partial charge in [-0.3, -0.25) is 9.59 Å². The number of carboxylic acid groups (broad SMARTS) is 1. The number of aliphatic carboxylic acids is 1. The molecule has 0 aromatic carbocycles. The highest BCUT2D eigenvalue weighted by atomic mass is 32.2. The third-order valence-electron chi connectivity index (χ3n) is 2.56. The number of hydrogen-bond donors (Lipinski definition) is 2. The maximum atomic E-state index is 11.5. The first-order chi connectivity index (χ1) is 8.58.